The van der Waals surface area contributed by atoms with E-state index in [1.54, 1.807) is 30.6 Å². The highest BCUT2D eigenvalue weighted by Gasteiger charge is 2.11. The molecule has 5 nitrogen and oxygen atoms in total. The molecule has 0 aliphatic carbocycles. The number of pyridine rings is 1. The summed E-state index contributed by atoms with van der Waals surface area (Å²) in [4.78, 5) is 16.0. The highest BCUT2D eigenvalue weighted by molar-refractivity contribution is 6.31. The van der Waals surface area contributed by atoms with Crippen LogP contribution in [0.15, 0.2) is 54.9 Å². The molecule has 0 saturated carbocycles. The van der Waals surface area contributed by atoms with Crippen molar-refractivity contribution in [2.24, 2.45) is 0 Å². The van der Waals surface area contributed by atoms with Crippen LogP contribution in [-0.2, 0) is 6.42 Å². The van der Waals surface area contributed by atoms with E-state index in [4.69, 9.17) is 11.6 Å². The van der Waals surface area contributed by atoms with Gasteiger partial charge in [0.25, 0.3) is 5.91 Å². The van der Waals surface area contributed by atoms with Crippen molar-refractivity contribution < 1.29 is 4.79 Å². The molecule has 0 spiro atoms. The van der Waals surface area contributed by atoms with Crippen LogP contribution in [0.1, 0.15) is 21.7 Å². The number of amides is 1. The molecule has 0 atom stereocenters. The summed E-state index contributed by atoms with van der Waals surface area (Å²) < 4.78 is 0. The number of halogens is 1. The van der Waals surface area contributed by atoms with E-state index in [2.05, 4.69) is 20.5 Å². The van der Waals surface area contributed by atoms with Crippen LogP contribution in [0.5, 0.6) is 0 Å². The van der Waals surface area contributed by atoms with Crippen molar-refractivity contribution in [1.29, 1.82) is 0 Å². The van der Waals surface area contributed by atoms with Gasteiger partial charge in [-0.25, -0.2) is 0 Å². The van der Waals surface area contributed by atoms with Crippen LogP contribution >= 0.6 is 11.6 Å². The van der Waals surface area contributed by atoms with E-state index in [9.17, 15) is 4.79 Å². The van der Waals surface area contributed by atoms with Gasteiger partial charge in [-0.1, -0.05) is 29.8 Å². The largest absolute Gasteiger partial charge is 0.320 e. The van der Waals surface area contributed by atoms with E-state index < -0.39 is 0 Å². The number of anilines is 1. The maximum atomic E-state index is 12.1. The Morgan fingerprint density at radius 3 is 2.73 bits per heavy atom. The predicted octanol–water partition coefficient (Wildman–Crippen LogP) is 3.30. The Bertz CT molecular complexity index is 786. The first-order valence-corrected chi connectivity index (χ1v) is 7.09. The topological polar surface area (TPSA) is 70.7 Å². The summed E-state index contributed by atoms with van der Waals surface area (Å²) in [6.07, 6.45) is 3.82. The predicted molar refractivity (Wildman–Crippen MR) is 85.0 cm³/mol. The summed E-state index contributed by atoms with van der Waals surface area (Å²) in [5.41, 5.74) is 2.82. The van der Waals surface area contributed by atoms with Crippen LogP contribution in [0, 0.1) is 0 Å². The van der Waals surface area contributed by atoms with Gasteiger partial charge < -0.3 is 5.32 Å². The third-order valence-electron chi connectivity index (χ3n) is 3.14. The number of carbonyl (C=O) groups excluding carboxylic acids is 1. The molecule has 1 aromatic carbocycles. The summed E-state index contributed by atoms with van der Waals surface area (Å²) in [5.74, 6) is -0.271. The molecule has 0 radical (unpaired) electrons. The van der Waals surface area contributed by atoms with Crippen molar-refractivity contribution in [3.05, 3.63) is 76.8 Å². The molecule has 22 heavy (non-hydrogen) atoms. The second-order valence-corrected chi connectivity index (χ2v) is 5.14. The first kappa shape index (κ1) is 14.3. The lowest BCUT2D eigenvalue weighted by atomic mass is 10.1. The molecule has 1 amide bonds. The summed E-state index contributed by atoms with van der Waals surface area (Å²) in [6.45, 7) is 0. The van der Waals surface area contributed by atoms with Gasteiger partial charge in [0.2, 0.25) is 0 Å². The maximum absolute atomic E-state index is 12.1. The average Bonchev–Trinajstić information content (AvgIpc) is 2.99. The number of rotatable bonds is 4. The second kappa shape index (κ2) is 6.41. The second-order valence-electron chi connectivity index (χ2n) is 4.74. The van der Waals surface area contributed by atoms with Crippen molar-refractivity contribution in [1.82, 2.24) is 15.2 Å². The Labute approximate surface area is 132 Å². The number of nitrogens with one attached hydrogen (secondary N) is 2. The van der Waals surface area contributed by atoms with Gasteiger partial charge in [-0.15, -0.1) is 0 Å². The van der Waals surface area contributed by atoms with Crippen molar-refractivity contribution in [2.45, 2.75) is 6.42 Å². The molecular formula is C16H13ClN4O. The maximum Gasteiger partial charge on any atom is 0.276 e. The highest BCUT2D eigenvalue weighted by Crippen LogP contribution is 2.18. The van der Waals surface area contributed by atoms with Crippen molar-refractivity contribution >= 4 is 23.2 Å². The fraction of sp³-hybridized carbons (Fsp3) is 0.0625. The molecule has 2 heterocycles. The Kier molecular flexibility index (Phi) is 4.16. The summed E-state index contributed by atoms with van der Waals surface area (Å²) in [7, 11) is 0. The number of H-pyrrole nitrogens is 1. The third kappa shape index (κ3) is 3.32. The first-order chi connectivity index (χ1) is 10.7. The standard InChI is InChI=1S/C16H13ClN4O/c17-14-4-2-1-3-11(14)9-13-10-15(21-20-13)16(22)19-12-5-7-18-8-6-12/h1-8,10H,9H2,(H,20,21)(H,18,19,22). The smallest absolute Gasteiger partial charge is 0.276 e. The monoisotopic (exact) mass is 312 g/mol. The van der Waals surface area contributed by atoms with Crippen LogP contribution in [0.25, 0.3) is 0 Å². The minimum absolute atomic E-state index is 0.271. The van der Waals surface area contributed by atoms with Gasteiger partial charge in [0.15, 0.2) is 5.69 Å². The summed E-state index contributed by atoms with van der Waals surface area (Å²) in [6, 6.07) is 12.7. The van der Waals surface area contributed by atoms with E-state index in [1.165, 1.54) is 0 Å². The summed E-state index contributed by atoms with van der Waals surface area (Å²) >= 11 is 6.13. The van der Waals surface area contributed by atoms with E-state index in [0.29, 0.717) is 22.8 Å². The average molecular weight is 313 g/mol. The fourth-order valence-corrected chi connectivity index (χ4v) is 2.25. The first-order valence-electron chi connectivity index (χ1n) is 6.71. The van der Waals surface area contributed by atoms with Gasteiger partial charge in [0.05, 0.1) is 0 Å². The number of aromatic amines is 1. The minimum atomic E-state index is -0.271. The van der Waals surface area contributed by atoms with Gasteiger partial charge in [-0.3, -0.25) is 14.9 Å². The third-order valence-corrected chi connectivity index (χ3v) is 3.51. The Balaban J connectivity index is 1.71. The molecule has 0 fully saturated rings. The lowest BCUT2D eigenvalue weighted by molar-refractivity contribution is 0.102. The molecule has 6 heteroatoms. The summed E-state index contributed by atoms with van der Waals surface area (Å²) in [5, 5.41) is 10.4. The Hall–Kier alpha value is -2.66. The van der Waals surface area contributed by atoms with Gasteiger partial charge in [0.1, 0.15) is 0 Å². The number of nitrogens with zero attached hydrogens (tertiary/aromatic N) is 2. The molecule has 2 aromatic heterocycles. The molecule has 3 rings (SSSR count). The molecular weight excluding hydrogens is 300 g/mol. The molecule has 0 saturated heterocycles. The van der Waals surface area contributed by atoms with Crippen LogP contribution in [0.3, 0.4) is 0 Å². The van der Waals surface area contributed by atoms with Crippen molar-refractivity contribution in [3.8, 4) is 0 Å². The fourth-order valence-electron chi connectivity index (χ4n) is 2.05. The van der Waals surface area contributed by atoms with Gasteiger partial charge in [-0.2, -0.15) is 5.10 Å². The SMILES string of the molecule is O=C(Nc1ccncc1)c1cc(Cc2ccccc2Cl)[nH]n1. The number of hydrogen-bond donors (Lipinski definition) is 2. The van der Waals surface area contributed by atoms with Crippen molar-refractivity contribution in [3.63, 3.8) is 0 Å². The quantitative estimate of drug-likeness (QED) is 0.776. The normalized spacial score (nSPS) is 10.4. The zero-order chi connectivity index (χ0) is 15.4. The molecule has 0 aliphatic rings. The van der Waals surface area contributed by atoms with Gasteiger partial charge >= 0.3 is 0 Å². The van der Waals surface area contributed by atoms with Crippen molar-refractivity contribution in [2.75, 3.05) is 5.32 Å². The van der Waals surface area contributed by atoms with Crippen LogP contribution in [0.4, 0.5) is 5.69 Å². The minimum Gasteiger partial charge on any atom is -0.320 e. The van der Waals surface area contributed by atoms with E-state index in [-0.39, 0.29) is 5.91 Å². The van der Waals surface area contributed by atoms with E-state index in [1.807, 2.05) is 24.3 Å². The lowest BCUT2D eigenvalue weighted by Gasteiger charge is -2.01. The van der Waals surface area contributed by atoms with Crippen LogP contribution < -0.4 is 5.32 Å². The zero-order valence-electron chi connectivity index (χ0n) is 11.6. The molecule has 0 aliphatic heterocycles. The molecule has 110 valence electrons. The van der Waals surface area contributed by atoms with Crippen LogP contribution in [-0.4, -0.2) is 21.1 Å². The molecule has 0 unspecified atom stereocenters. The number of hydrogen-bond acceptors (Lipinski definition) is 3. The van der Waals surface area contributed by atoms with Crippen LogP contribution in [0.2, 0.25) is 5.02 Å². The number of carbonyl (C=O) groups is 1. The lowest BCUT2D eigenvalue weighted by Crippen LogP contribution is -2.12. The molecule has 2 N–H and O–H groups in total. The number of aromatic nitrogens is 3. The number of benzene rings is 1. The molecule has 3 aromatic rings. The van der Waals surface area contributed by atoms with E-state index >= 15 is 0 Å². The highest BCUT2D eigenvalue weighted by atomic mass is 35.5. The Morgan fingerprint density at radius 1 is 1.18 bits per heavy atom. The van der Waals surface area contributed by atoms with Gasteiger partial charge in [0, 0.05) is 35.2 Å². The zero-order valence-corrected chi connectivity index (χ0v) is 12.3. The van der Waals surface area contributed by atoms with Gasteiger partial charge in [-0.05, 0) is 29.8 Å². The van der Waals surface area contributed by atoms with E-state index in [0.717, 1.165) is 11.3 Å². The molecule has 0 bridgehead atoms. The Morgan fingerprint density at radius 2 is 1.95 bits per heavy atom.